The molecule has 2 aromatic rings. The number of rotatable bonds is 5. The molecule has 0 spiro atoms. The summed E-state index contributed by atoms with van der Waals surface area (Å²) in [7, 11) is 2.12. The number of ether oxygens (including phenoxy) is 1. The molecule has 1 aliphatic heterocycles. The van der Waals surface area contributed by atoms with Gasteiger partial charge in [-0.3, -0.25) is 4.79 Å². The minimum absolute atomic E-state index is 0.0938. The molecule has 0 atom stereocenters. The van der Waals surface area contributed by atoms with Crippen molar-refractivity contribution in [2.75, 3.05) is 38.1 Å². The van der Waals surface area contributed by atoms with E-state index >= 15 is 0 Å². The number of hydrogen-bond donors (Lipinski definition) is 1. The van der Waals surface area contributed by atoms with E-state index in [1.54, 1.807) is 24.4 Å². The van der Waals surface area contributed by atoms with Crippen molar-refractivity contribution in [2.24, 2.45) is 10.8 Å². The summed E-state index contributed by atoms with van der Waals surface area (Å²) in [5, 5.41) is 12.7. The van der Waals surface area contributed by atoms with Crippen LogP contribution in [0.4, 0.5) is 5.82 Å². The van der Waals surface area contributed by atoms with Gasteiger partial charge in [-0.1, -0.05) is 53.1 Å². The summed E-state index contributed by atoms with van der Waals surface area (Å²) < 4.78 is 6.30. The largest absolute Gasteiger partial charge is 0.489 e. The molecular formula is C28H38ClN5O2. The first kappa shape index (κ1) is 27.8. The Bertz CT molecular complexity index is 1090. The lowest BCUT2D eigenvalue weighted by Crippen LogP contribution is -2.74. The third kappa shape index (κ3) is 5.45. The first-order chi connectivity index (χ1) is 17.0. The predicted molar refractivity (Wildman–Crippen MR) is 145 cm³/mol. The Hall–Kier alpha value is -2.82. The monoisotopic (exact) mass is 511 g/mol. The fourth-order valence-electron chi connectivity index (χ4n) is 5.55. The Labute approximate surface area is 220 Å². The molecule has 194 valence electrons. The van der Waals surface area contributed by atoms with E-state index in [1.165, 1.54) is 0 Å². The lowest BCUT2D eigenvalue weighted by atomic mass is 9.49. The molecule has 36 heavy (non-hydrogen) atoms. The lowest BCUT2D eigenvalue weighted by Gasteiger charge is -2.63. The fraction of sp³-hybridized carbons (Fsp3) is 0.536. The molecule has 1 amide bonds. The molecule has 0 bridgehead atoms. The molecule has 0 unspecified atom stereocenters. The Balaban J connectivity index is 0.00000176. The first-order valence-electron chi connectivity index (χ1n) is 12.6. The molecule has 1 N–H and O–H groups in total. The Morgan fingerprint density at radius 3 is 2.28 bits per heavy atom. The van der Waals surface area contributed by atoms with Crippen LogP contribution in [-0.4, -0.2) is 61.2 Å². The number of carbonyl (C=O) groups is 1. The summed E-state index contributed by atoms with van der Waals surface area (Å²) in [4.78, 5) is 22.2. The van der Waals surface area contributed by atoms with Crippen molar-refractivity contribution in [1.82, 2.24) is 15.2 Å². The van der Waals surface area contributed by atoms with E-state index in [0.717, 1.165) is 32.0 Å². The second-order valence-electron chi connectivity index (χ2n) is 10.5. The zero-order valence-electron chi connectivity index (χ0n) is 22.4. The van der Waals surface area contributed by atoms with Crippen molar-refractivity contribution >= 4 is 23.3 Å². The maximum atomic E-state index is 13.1. The second-order valence-corrected chi connectivity index (χ2v) is 10.9. The Kier molecular flexibility index (Phi) is 8.53. The third-order valence-corrected chi connectivity index (χ3v) is 7.58. The normalized spacial score (nSPS) is 22.4. The standard InChI is InChI=1S/C26H32ClN5O2.C2H6/c1-25(2)23(26(3,4)24(25)34-19-8-6-17(15-28)20(27)14-19)30-22(33)18-7-9-21(29-16-18)32-12-10-31(5)11-13-32;1-2/h6-9,14,16,23-24H,10-13H2,1-5H3,(H,30,33);1-2H3. The molecule has 1 aromatic carbocycles. The van der Waals surface area contributed by atoms with Crippen LogP contribution in [-0.2, 0) is 0 Å². The third-order valence-electron chi connectivity index (χ3n) is 7.27. The van der Waals surface area contributed by atoms with Gasteiger partial charge in [0.15, 0.2) is 0 Å². The number of hydrogen-bond acceptors (Lipinski definition) is 6. The van der Waals surface area contributed by atoms with Crippen LogP contribution in [0.1, 0.15) is 57.5 Å². The van der Waals surface area contributed by atoms with Crippen LogP contribution in [0, 0.1) is 22.2 Å². The topological polar surface area (TPSA) is 81.5 Å². The smallest absolute Gasteiger partial charge is 0.253 e. The van der Waals surface area contributed by atoms with Crippen molar-refractivity contribution in [2.45, 2.75) is 53.7 Å². The maximum absolute atomic E-state index is 13.1. The van der Waals surface area contributed by atoms with E-state index in [0.29, 0.717) is 21.9 Å². The van der Waals surface area contributed by atoms with Gasteiger partial charge in [-0.2, -0.15) is 5.26 Å². The number of nitrogens with one attached hydrogen (secondary N) is 1. The number of nitriles is 1. The van der Waals surface area contributed by atoms with Crippen LogP contribution in [0.5, 0.6) is 5.75 Å². The highest BCUT2D eigenvalue weighted by Gasteiger charge is 2.64. The number of piperazine rings is 1. The van der Waals surface area contributed by atoms with E-state index in [-0.39, 0.29) is 28.9 Å². The van der Waals surface area contributed by atoms with Gasteiger partial charge in [-0.15, -0.1) is 0 Å². The molecule has 7 nitrogen and oxygen atoms in total. The van der Waals surface area contributed by atoms with Gasteiger partial charge in [0.2, 0.25) is 0 Å². The van der Waals surface area contributed by atoms with Gasteiger partial charge in [0.25, 0.3) is 5.91 Å². The highest BCUT2D eigenvalue weighted by molar-refractivity contribution is 6.31. The lowest BCUT2D eigenvalue weighted by molar-refractivity contribution is -0.164. The number of nitrogens with zero attached hydrogens (tertiary/aromatic N) is 4. The van der Waals surface area contributed by atoms with Crippen LogP contribution < -0.4 is 15.0 Å². The van der Waals surface area contributed by atoms with Crippen LogP contribution in [0.15, 0.2) is 36.5 Å². The molecule has 1 aliphatic carbocycles. The van der Waals surface area contributed by atoms with Crippen molar-refractivity contribution in [3.63, 3.8) is 0 Å². The average Bonchev–Trinajstić information content (AvgIpc) is 2.87. The van der Waals surface area contributed by atoms with Crippen LogP contribution >= 0.6 is 11.6 Å². The van der Waals surface area contributed by atoms with Gasteiger partial charge in [0.1, 0.15) is 23.7 Å². The first-order valence-corrected chi connectivity index (χ1v) is 13.0. The number of anilines is 1. The van der Waals surface area contributed by atoms with E-state index in [1.807, 2.05) is 26.0 Å². The molecule has 4 rings (SSSR count). The molecule has 2 fully saturated rings. The molecule has 8 heteroatoms. The maximum Gasteiger partial charge on any atom is 0.253 e. The van der Waals surface area contributed by atoms with Gasteiger partial charge in [0, 0.05) is 55.3 Å². The predicted octanol–water partition coefficient (Wildman–Crippen LogP) is 5.00. The van der Waals surface area contributed by atoms with Gasteiger partial charge < -0.3 is 19.9 Å². The summed E-state index contributed by atoms with van der Waals surface area (Å²) in [6.45, 7) is 16.3. The number of benzene rings is 1. The molecule has 0 radical (unpaired) electrons. The summed E-state index contributed by atoms with van der Waals surface area (Å²) in [6.07, 6.45) is 1.51. The molecule has 1 saturated heterocycles. The molecule has 2 heterocycles. The van der Waals surface area contributed by atoms with Crippen molar-refractivity contribution in [1.29, 1.82) is 5.26 Å². The highest BCUT2D eigenvalue weighted by Crippen LogP contribution is 2.55. The highest BCUT2D eigenvalue weighted by atomic mass is 35.5. The zero-order valence-corrected chi connectivity index (χ0v) is 23.2. The number of amides is 1. The minimum atomic E-state index is -0.313. The number of carbonyl (C=O) groups excluding carboxylic acids is 1. The summed E-state index contributed by atoms with van der Waals surface area (Å²) >= 11 is 6.18. The van der Waals surface area contributed by atoms with E-state index in [2.05, 4.69) is 60.9 Å². The summed E-state index contributed by atoms with van der Waals surface area (Å²) in [5.74, 6) is 1.38. The van der Waals surface area contributed by atoms with Gasteiger partial charge >= 0.3 is 0 Å². The second kappa shape index (κ2) is 11.1. The van der Waals surface area contributed by atoms with Crippen molar-refractivity contribution < 1.29 is 9.53 Å². The summed E-state index contributed by atoms with van der Waals surface area (Å²) in [5.41, 5.74) is 0.339. The minimum Gasteiger partial charge on any atom is -0.489 e. The molecular weight excluding hydrogens is 474 g/mol. The Morgan fingerprint density at radius 2 is 1.75 bits per heavy atom. The van der Waals surface area contributed by atoms with E-state index < -0.39 is 0 Å². The number of pyridine rings is 1. The van der Waals surface area contributed by atoms with Crippen molar-refractivity contribution in [3.8, 4) is 11.8 Å². The number of likely N-dealkylation sites (N-methyl/N-ethyl adjacent to an activating group) is 1. The number of halogens is 1. The molecule has 1 saturated carbocycles. The van der Waals surface area contributed by atoms with Crippen molar-refractivity contribution in [3.05, 3.63) is 52.7 Å². The van der Waals surface area contributed by atoms with E-state index in [9.17, 15) is 4.79 Å². The fourth-order valence-corrected chi connectivity index (χ4v) is 5.77. The molecule has 2 aliphatic rings. The quantitative estimate of drug-likeness (QED) is 0.608. The van der Waals surface area contributed by atoms with Gasteiger partial charge in [-0.25, -0.2) is 4.98 Å². The summed E-state index contributed by atoms with van der Waals surface area (Å²) in [6, 6.07) is 10.8. The average molecular weight is 512 g/mol. The van der Waals surface area contributed by atoms with Crippen LogP contribution in [0.3, 0.4) is 0 Å². The van der Waals surface area contributed by atoms with E-state index in [4.69, 9.17) is 21.6 Å². The van der Waals surface area contributed by atoms with Gasteiger partial charge in [0.05, 0.1) is 16.1 Å². The molecule has 1 aromatic heterocycles. The number of aromatic nitrogens is 1. The van der Waals surface area contributed by atoms with Crippen LogP contribution in [0.2, 0.25) is 5.02 Å². The Morgan fingerprint density at radius 1 is 1.11 bits per heavy atom. The van der Waals surface area contributed by atoms with Gasteiger partial charge in [-0.05, 0) is 31.3 Å². The SMILES string of the molecule is CC.CN1CCN(c2ccc(C(=O)NC3C(C)(C)C(Oc4ccc(C#N)c(Cl)c4)C3(C)C)cn2)CC1. The zero-order chi connectivity index (χ0) is 26.7. The van der Waals surface area contributed by atoms with Crippen LogP contribution in [0.25, 0.3) is 0 Å².